The Labute approximate surface area is 220 Å². The number of phenols is 1. The molecule has 0 fully saturated rings. The van der Waals surface area contributed by atoms with Gasteiger partial charge >= 0.3 is 5.71 Å². The molecule has 1 aliphatic rings. The van der Waals surface area contributed by atoms with Crippen LogP contribution in [-0.4, -0.2) is 51.7 Å². The maximum Gasteiger partial charge on any atom is 0.408 e. The Bertz CT molecular complexity index is 1960. The van der Waals surface area contributed by atoms with Gasteiger partial charge in [0.2, 0.25) is 10.1 Å². The Kier molecular flexibility index (Phi) is 7.21. The van der Waals surface area contributed by atoms with E-state index in [1.807, 2.05) is 0 Å². The van der Waals surface area contributed by atoms with Gasteiger partial charge in [0.25, 0.3) is 15.8 Å². The van der Waals surface area contributed by atoms with Crippen molar-refractivity contribution in [1.82, 2.24) is 0 Å². The molecule has 4 rings (SSSR count). The molecule has 39 heavy (non-hydrogen) atoms. The molecule has 0 aromatic heterocycles. The van der Waals surface area contributed by atoms with Crippen LogP contribution in [0.5, 0.6) is 5.75 Å². The Hall–Kier alpha value is -4.63. The van der Waals surface area contributed by atoms with Crippen LogP contribution in [0.3, 0.4) is 0 Å². The highest BCUT2D eigenvalue weighted by Crippen LogP contribution is 2.24. The average Bonchev–Trinajstić information content (AvgIpc) is 2.86. The summed E-state index contributed by atoms with van der Waals surface area (Å²) in [5.74, 6) is -0.703. The molecule has 0 saturated carbocycles. The first-order valence-corrected chi connectivity index (χ1v) is 13.7. The molecule has 1 aliphatic carbocycles. The summed E-state index contributed by atoms with van der Waals surface area (Å²) in [6.07, 6.45) is 3.58. The lowest BCUT2D eigenvalue weighted by atomic mass is 9.99. The number of hydrogen-bond acceptors (Lipinski definition) is 8. The third-order valence-corrected chi connectivity index (χ3v) is 7.29. The molecule has 15 heteroatoms. The number of hydrogen-bond donors (Lipinski definition) is 5. The molecule has 0 spiro atoms. The van der Waals surface area contributed by atoms with Crippen LogP contribution in [0.2, 0.25) is 0 Å². The van der Waals surface area contributed by atoms with Gasteiger partial charge in [0, 0.05) is 17.7 Å². The fraction of sp³-hybridized carbons (Fsp3) is 0. The molecule has 13 nitrogen and oxygen atoms in total. The van der Waals surface area contributed by atoms with Crippen molar-refractivity contribution in [3.63, 3.8) is 0 Å². The lowest BCUT2D eigenvalue weighted by Gasteiger charge is -2.12. The Morgan fingerprint density at radius 1 is 0.974 bits per heavy atom. The maximum atomic E-state index is 12.3. The molecule has 0 atom stereocenters. The first kappa shape index (κ1) is 27.4. The molecule has 3 aromatic carbocycles. The maximum absolute atomic E-state index is 12.3. The summed E-state index contributed by atoms with van der Waals surface area (Å²) in [6, 6.07) is 14.3. The van der Waals surface area contributed by atoms with Crippen molar-refractivity contribution in [2.75, 3.05) is 0 Å². The predicted molar refractivity (Wildman–Crippen MR) is 143 cm³/mol. The Morgan fingerprint density at radius 3 is 2.18 bits per heavy atom. The van der Waals surface area contributed by atoms with Crippen LogP contribution in [0.1, 0.15) is 11.1 Å². The molecule has 6 N–H and O–H groups in total. The molecule has 0 aliphatic heterocycles. The van der Waals surface area contributed by atoms with Crippen molar-refractivity contribution in [3.05, 3.63) is 92.3 Å². The lowest BCUT2D eigenvalue weighted by molar-refractivity contribution is -0.384. The summed E-state index contributed by atoms with van der Waals surface area (Å²) < 4.78 is 66.3. The third-order valence-electron chi connectivity index (χ3n) is 5.51. The van der Waals surface area contributed by atoms with E-state index in [9.17, 15) is 41.5 Å². The first-order valence-electron chi connectivity index (χ1n) is 10.8. The largest absolute Gasteiger partial charge is 0.507 e. The topological polar surface area (TPSA) is 228 Å². The van der Waals surface area contributed by atoms with Crippen molar-refractivity contribution < 1.29 is 41.1 Å². The smallest absolute Gasteiger partial charge is 0.408 e. The van der Waals surface area contributed by atoms with Gasteiger partial charge in [0.1, 0.15) is 27.1 Å². The number of fused-ring (bicyclic) bond motifs is 1. The predicted octanol–water partition coefficient (Wildman–Crippen LogP) is 1.41. The van der Waals surface area contributed by atoms with Crippen molar-refractivity contribution in [2.45, 2.75) is 4.90 Å². The van der Waals surface area contributed by atoms with Crippen molar-refractivity contribution in [3.8, 4) is 5.75 Å². The molecule has 0 bridgehead atoms. The quantitative estimate of drug-likeness (QED) is 0.0562. The van der Waals surface area contributed by atoms with Gasteiger partial charge in [0.15, 0.2) is 4.86 Å². The van der Waals surface area contributed by atoms with E-state index in [0.717, 1.165) is 24.3 Å². The fourth-order valence-corrected chi connectivity index (χ4v) is 5.11. The zero-order valence-electron chi connectivity index (χ0n) is 19.6. The lowest BCUT2D eigenvalue weighted by Crippen LogP contribution is -2.43. The minimum Gasteiger partial charge on any atom is -0.507 e. The van der Waals surface area contributed by atoms with Gasteiger partial charge in [-0.1, -0.05) is 36.4 Å². The second-order valence-corrected chi connectivity index (χ2v) is 10.9. The van der Waals surface area contributed by atoms with Crippen LogP contribution < -0.4 is 16.2 Å². The van der Waals surface area contributed by atoms with Gasteiger partial charge in [-0.05, 0) is 41.1 Å². The molecule has 3 aromatic rings. The highest BCUT2D eigenvalue weighted by atomic mass is 32.2. The van der Waals surface area contributed by atoms with Crippen LogP contribution in [0, 0.1) is 10.1 Å². The van der Waals surface area contributed by atoms with E-state index in [-0.39, 0.29) is 27.4 Å². The summed E-state index contributed by atoms with van der Waals surface area (Å²) in [5.41, 5.74) is 5.40. The van der Waals surface area contributed by atoms with E-state index < -0.39 is 52.0 Å². The fourth-order valence-electron chi connectivity index (χ4n) is 3.71. The normalized spacial score (nSPS) is 13.6. The minimum atomic E-state index is -4.92. The van der Waals surface area contributed by atoms with Crippen LogP contribution in [-0.2, 0) is 20.2 Å². The average molecular weight is 572 g/mol. The molecule has 200 valence electrons. The summed E-state index contributed by atoms with van der Waals surface area (Å²) in [6.45, 7) is 0. The Morgan fingerprint density at radius 2 is 1.62 bits per heavy atom. The van der Waals surface area contributed by atoms with Crippen molar-refractivity contribution >= 4 is 66.1 Å². The van der Waals surface area contributed by atoms with Crippen LogP contribution in [0.25, 0.3) is 23.9 Å². The number of phenolic OH excluding ortho intramolecular Hbond substituents is 1. The minimum absolute atomic E-state index is 0.0888. The summed E-state index contributed by atoms with van der Waals surface area (Å²) in [7, 11) is -9.69. The van der Waals surface area contributed by atoms with E-state index in [1.54, 1.807) is 30.3 Å². The number of nitrogens with zero attached hydrogens (tertiary/aromatic N) is 3. The zero-order valence-corrected chi connectivity index (χ0v) is 21.2. The van der Waals surface area contributed by atoms with E-state index in [4.69, 9.17) is 5.73 Å². The van der Waals surface area contributed by atoms with Gasteiger partial charge in [-0.2, -0.15) is 8.42 Å². The molecular weight excluding hydrogens is 552 g/mol. The monoisotopic (exact) mass is 571 g/mol. The van der Waals surface area contributed by atoms with Gasteiger partial charge in [0.05, 0.1) is 14.9 Å². The standard InChI is InChI=1S/C24H18N4O9S2/c25-22-21-15(12-19(38(32,33)34)18(24(21)29)11-6-14-4-2-1-3-5-14)13-20(39(35,36)37)23(22)27-26-16-7-9-17(10-8-16)28(30)31/h1-13H,(H5,25,26,29,32,33,34,35,36,37)/p+1/b11-6-. The summed E-state index contributed by atoms with van der Waals surface area (Å²) in [5, 5.41) is 25.4. The van der Waals surface area contributed by atoms with Crippen LogP contribution in [0.15, 0.2) is 70.7 Å². The van der Waals surface area contributed by atoms with Gasteiger partial charge < -0.3 is 10.8 Å². The van der Waals surface area contributed by atoms with Crippen molar-refractivity contribution in [1.29, 1.82) is 0 Å². The highest BCUT2D eigenvalue weighted by molar-refractivity contribution is 7.94. The molecule has 0 unspecified atom stereocenters. The number of nitrogens with two attached hydrogens (primary N) is 1. The first-order chi connectivity index (χ1) is 18.3. The van der Waals surface area contributed by atoms with Gasteiger partial charge in [-0.25, -0.2) is 4.21 Å². The number of nitro groups is 1. The van der Waals surface area contributed by atoms with Crippen LogP contribution >= 0.6 is 0 Å². The molecule has 0 saturated heterocycles. The number of nitro benzene ring substituents is 1. The SMILES string of the molecule is NC1=c2c(O)c(/C=C\c3ccccc3)c(S(=O)(=O)O)cc2=CC(=S(=O)(O)O)C1=[N+]=Nc1ccc([N+](=O)[O-])cc1. The van der Waals surface area contributed by atoms with Gasteiger partial charge in [-0.15, -0.1) is 0 Å². The molecule has 0 heterocycles. The summed E-state index contributed by atoms with van der Waals surface area (Å²) >= 11 is 0. The number of non-ortho nitro benzene ring substituents is 1. The number of rotatable bonds is 5. The molecular formula is C24H19N4O9S2+. The van der Waals surface area contributed by atoms with Gasteiger partial charge in [-0.3, -0.25) is 23.8 Å². The van der Waals surface area contributed by atoms with E-state index in [0.29, 0.717) is 5.56 Å². The highest BCUT2D eigenvalue weighted by Gasteiger charge is 2.33. The van der Waals surface area contributed by atoms with E-state index in [2.05, 4.69) is 9.90 Å². The number of aromatic hydroxyl groups is 1. The number of benzene rings is 3. The van der Waals surface area contributed by atoms with E-state index in [1.165, 1.54) is 24.3 Å². The Balaban J connectivity index is 2.05. The summed E-state index contributed by atoms with van der Waals surface area (Å²) in [4.78, 5) is 12.6. The van der Waals surface area contributed by atoms with Crippen LogP contribution in [0.4, 0.5) is 11.4 Å². The molecule has 0 amide bonds. The third kappa shape index (κ3) is 5.78. The molecule has 0 radical (unpaired) electrons. The zero-order chi connectivity index (χ0) is 28.5. The second-order valence-electron chi connectivity index (χ2n) is 8.06. The van der Waals surface area contributed by atoms with Crippen molar-refractivity contribution in [2.24, 2.45) is 10.8 Å². The second kappa shape index (κ2) is 10.3. The van der Waals surface area contributed by atoms with E-state index >= 15 is 0 Å².